The second-order valence-electron chi connectivity index (χ2n) is 4.19. The van der Waals surface area contributed by atoms with Crippen LogP contribution in [0.5, 0.6) is 5.75 Å². The molecule has 0 fully saturated rings. The van der Waals surface area contributed by atoms with Gasteiger partial charge in [0.1, 0.15) is 0 Å². The van der Waals surface area contributed by atoms with E-state index in [0.717, 1.165) is 22.5 Å². The number of halogens is 1. The highest BCUT2D eigenvalue weighted by Crippen LogP contribution is 2.25. The van der Waals surface area contributed by atoms with Crippen LogP contribution < -0.4 is 9.61 Å². The maximum atomic E-state index is 13.7. The number of aromatic nitrogens is 3. The number of H-pyrrole nitrogens is 2. The van der Waals surface area contributed by atoms with E-state index in [1.165, 1.54) is 13.2 Å². The van der Waals surface area contributed by atoms with Crippen molar-refractivity contribution in [2.75, 3.05) is 7.11 Å². The number of hydrogen-bond donors (Lipinski definition) is 2. The van der Waals surface area contributed by atoms with E-state index in [2.05, 4.69) is 9.97 Å². The van der Waals surface area contributed by atoms with Gasteiger partial charge >= 0.3 is 4.87 Å². The van der Waals surface area contributed by atoms with Gasteiger partial charge in [0, 0.05) is 23.2 Å². The fourth-order valence-corrected chi connectivity index (χ4v) is 2.88. The van der Waals surface area contributed by atoms with Crippen molar-refractivity contribution in [1.29, 1.82) is 0 Å². The minimum atomic E-state index is -0.452. The fourth-order valence-electron chi connectivity index (χ4n) is 2.03. The highest BCUT2D eigenvalue weighted by atomic mass is 32.1. The first kappa shape index (κ1) is 13.1. The smallest absolute Gasteiger partial charge is 0.304 e. The number of thiazole rings is 1. The average molecular weight is 311 g/mol. The van der Waals surface area contributed by atoms with Crippen molar-refractivity contribution in [3.05, 3.63) is 43.5 Å². The molecule has 2 N–H and O–H groups in total. The molecule has 1 aromatic carbocycles. The predicted octanol–water partition coefficient (Wildman–Crippen LogP) is 2.64. The summed E-state index contributed by atoms with van der Waals surface area (Å²) in [4.78, 5) is 16.7. The van der Waals surface area contributed by atoms with Crippen LogP contribution in [0.4, 0.5) is 4.39 Å². The predicted molar refractivity (Wildman–Crippen MR) is 77.7 cm³/mol. The lowest BCUT2D eigenvalue weighted by atomic mass is 10.3. The molecule has 20 heavy (non-hydrogen) atoms. The Bertz CT molecular complexity index is 890. The maximum Gasteiger partial charge on any atom is 0.304 e. The van der Waals surface area contributed by atoms with Gasteiger partial charge in [-0.05, 0) is 12.2 Å². The van der Waals surface area contributed by atoms with Crippen LogP contribution in [0.15, 0.2) is 22.3 Å². The molecule has 2 aromatic heterocycles. The molecule has 0 atom stereocenters. The molecule has 0 spiro atoms. The standard InChI is InChI=1S/C12H10FN3O2S2/c1-18-10-3-9-8(2-7(10)13)15-11(19)16(9)4-6-5-20-12(17)14-6/h2-3,5H,4H2,1H3,(H,14,17)(H,15,19). The molecule has 0 saturated heterocycles. The number of ether oxygens (including phenoxy) is 1. The summed E-state index contributed by atoms with van der Waals surface area (Å²) in [5.41, 5.74) is 2.06. The molecule has 0 radical (unpaired) electrons. The first-order valence-electron chi connectivity index (χ1n) is 5.71. The Morgan fingerprint density at radius 1 is 1.45 bits per heavy atom. The number of imidazole rings is 1. The summed E-state index contributed by atoms with van der Waals surface area (Å²) in [5.74, 6) is -0.300. The summed E-state index contributed by atoms with van der Waals surface area (Å²) >= 11 is 6.33. The molecule has 0 amide bonds. The van der Waals surface area contributed by atoms with Crippen molar-refractivity contribution in [2.45, 2.75) is 6.54 Å². The Morgan fingerprint density at radius 3 is 2.90 bits per heavy atom. The summed E-state index contributed by atoms with van der Waals surface area (Å²) in [6.45, 7) is 0.409. The normalized spacial score (nSPS) is 11.1. The molecule has 0 aliphatic heterocycles. The molecule has 104 valence electrons. The van der Waals surface area contributed by atoms with Gasteiger partial charge in [0.05, 0.1) is 24.7 Å². The number of nitrogens with one attached hydrogen (secondary N) is 2. The van der Waals surface area contributed by atoms with Crippen LogP contribution in [0.3, 0.4) is 0 Å². The highest BCUT2D eigenvalue weighted by molar-refractivity contribution is 7.71. The Balaban J connectivity index is 2.16. The van der Waals surface area contributed by atoms with Gasteiger partial charge in [-0.2, -0.15) is 0 Å². The molecule has 0 aliphatic carbocycles. The van der Waals surface area contributed by atoms with Crippen molar-refractivity contribution in [3.63, 3.8) is 0 Å². The number of benzene rings is 1. The van der Waals surface area contributed by atoms with Crippen LogP contribution in [0.1, 0.15) is 5.69 Å². The lowest BCUT2D eigenvalue weighted by Crippen LogP contribution is -2.03. The molecule has 5 nitrogen and oxygen atoms in total. The molecular weight excluding hydrogens is 301 g/mol. The van der Waals surface area contributed by atoms with E-state index in [9.17, 15) is 9.18 Å². The van der Waals surface area contributed by atoms with Crippen LogP contribution in [0.2, 0.25) is 0 Å². The quantitative estimate of drug-likeness (QED) is 0.731. The van der Waals surface area contributed by atoms with Gasteiger partial charge in [0.15, 0.2) is 16.3 Å². The third-order valence-electron chi connectivity index (χ3n) is 2.95. The Kier molecular flexibility index (Phi) is 3.19. The second kappa shape index (κ2) is 4.88. The van der Waals surface area contributed by atoms with E-state index in [1.807, 2.05) is 0 Å². The first-order chi connectivity index (χ1) is 9.58. The van der Waals surface area contributed by atoms with Crippen LogP contribution in [0.25, 0.3) is 11.0 Å². The van der Waals surface area contributed by atoms with E-state index in [4.69, 9.17) is 17.0 Å². The summed E-state index contributed by atoms with van der Waals surface area (Å²) in [5, 5.41) is 1.74. The second-order valence-corrected chi connectivity index (χ2v) is 5.42. The molecule has 0 bridgehead atoms. The lowest BCUT2D eigenvalue weighted by molar-refractivity contribution is 0.387. The monoisotopic (exact) mass is 311 g/mol. The summed E-state index contributed by atoms with van der Waals surface area (Å²) < 4.78 is 20.9. The number of aromatic amines is 2. The summed E-state index contributed by atoms with van der Waals surface area (Å²) in [6.07, 6.45) is 0. The molecular formula is C12H10FN3O2S2. The van der Waals surface area contributed by atoms with Crippen molar-refractivity contribution in [3.8, 4) is 5.75 Å². The van der Waals surface area contributed by atoms with Crippen molar-refractivity contribution >= 4 is 34.6 Å². The highest BCUT2D eigenvalue weighted by Gasteiger charge is 2.11. The summed E-state index contributed by atoms with van der Waals surface area (Å²) in [7, 11) is 1.41. The van der Waals surface area contributed by atoms with E-state index in [0.29, 0.717) is 16.8 Å². The lowest BCUT2D eigenvalue weighted by Gasteiger charge is -2.05. The Labute approximate surface area is 121 Å². The zero-order chi connectivity index (χ0) is 14.3. The van der Waals surface area contributed by atoms with Crippen LogP contribution >= 0.6 is 23.6 Å². The first-order valence-corrected chi connectivity index (χ1v) is 7.00. The van der Waals surface area contributed by atoms with E-state index >= 15 is 0 Å². The van der Waals surface area contributed by atoms with E-state index < -0.39 is 5.82 Å². The third-order valence-corrected chi connectivity index (χ3v) is 3.99. The van der Waals surface area contributed by atoms with Gasteiger partial charge in [-0.25, -0.2) is 4.39 Å². The molecule has 3 rings (SSSR count). The number of hydrogen-bond acceptors (Lipinski definition) is 4. The Hall–Kier alpha value is -1.93. The summed E-state index contributed by atoms with van der Waals surface area (Å²) in [6, 6.07) is 2.93. The molecule has 8 heteroatoms. The van der Waals surface area contributed by atoms with Crippen molar-refractivity contribution in [2.24, 2.45) is 0 Å². The molecule has 0 aliphatic rings. The molecule has 0 saturated carbocycles. The SMILES string of the molecule is COc1cc2c(cc1F)[nH]c(=S)n2Cc1csc(=O)[nH]1. The van der Waals surface area contributed by atoms with Gasteiger partial charge in [-0.3, -0.25) is 4.79 Å². The van der Waals surface area contributed by atoms with Crippen molar-refractivity contribution in [1.82, 2.24) is 14.5 Å². The van der Waals surface area contributed by atoms with Gasteiger partial charge in [0.2, 0.25) is 0 Å². The number of methoxy groups -OCH3 is 1. The van der Waals surface area contributed by atoms with Gasteiger partial charge < -0.3 is 19.3 Å². The zero-order valence-electron chi connectivity index (χ0n) is 10.4. The van der Waals surface area contributed by atoms with Crippen LogP contribution in [-0.2, 0) is 6.54 Å². The van der Waals surface area contributed by atoms with Crippen LogP contribution in [-0.4, -0.2) is 21.6 Å². The minimum absolute atomic E-state index is 0.116. The average Bonchev–Trinajstić information content (AvgIpc) is 2.94. The molecule has 0 unspecified atom stereocenters. The number of rotatable bonds is 3. The van der Waals surface area contributed by atoms with E-state index in [1.54, 1.807) is 16.0 Å². The number of fused-ring (bicyclic) bond motifs is 1. The molecule has 2 heterocycles. The molecule has 3 aromatic rings. The fraction of sp³-hybridized carbons (Fsp3) is 0.167. The minimum Gasteiger partial charge on any atom is -0.494 e. The van der Waals surface area contributed by atoms with Gasteiger partial charge in [0.25, 0.3) is 0 Å². The number of nitrogens with zero attached hydrogens (tertiary/aromatic N) is 1. The van der Waals surface area contributed by atoms with Gasteiger partial charge in [-0.15, -0.1) is 0 Å². The maximum absolute atomic E-state index is 13.7. The van der Waals surface area contributed by atoms with Gasteiger partial charge in [-0.1, -0.05) is 11.3 Å². The van der Waals surface area contributed by atoms with E-state index in [-0.39, 0.29) is 10.6 Å². The largest absolute Gasteiger partial charge is 0.494 e. The topological polar surface area (TPSA) is 62.8 Å². The van der Waals surface area contributed by atoms with Crippen LogP contribution in [0, 0.1) is 10.6 Å². The Morgan fingerprint density at radius 2 is 2.25 bits per heavy atom. The third kappa shape index (κ3) is 2.16. The van der Waals surface area contributed by atoms with Crippen molar-refractivity contribution < 1.29 is 9.13 Å². The zero-order valence-corrected chi connectivity index (χ0v) is 12.0.